The van der Waals surface area contributed by atoms with E-state index in [0.29, 0.717) is 17.7 Å². The third-order valence-electron chi connectivity index (χ3n) is 4.64. The highest BCUT2D eigenvalue weighted by Gasteiger charge is 2.44. The Hall–Kier alpha value is -0.0900. The van der Waals surface area contributed by atoms with E-state index in [4.69, 9.17) is 4.74 Å². The molecule has 2 aliphatic rings. The summed E-state index contributed by atoms with van der Waals surface area (Å²) < 4.78 is 5.79. The molecule has 0 aromatic carbocycles. The number of ether oxygens (including phenoxy) is 1. The molecule has 5 unspecified atom stereocenters. The zero-order valence-corrected chi connectivity index (χ0v) is 13.1. The van der Waals surface area contributed by atoms with Gasteiger partial charge < -0.3 is 9.64 Å². The van der Waals surface area contributed by atoms with E-state index in [-0.39, 0.29) is 18.1 Å². The van der Waals surface area contributed by atoms with Gasteiger partial charge in [0.25, 0.3) is 0 Å². The molecule has 3 nitrogen and oxygen atoms in total. The first kappa shape index (κ1) is 14.3. The molecule has 0 saturated carbocycles. The molecule has 0 N–H and O–H groups in total. The molecule has 5 atom stereocenters. The fraction of sp³-hybridized carbons (Fsp3) is 0.929. The van der Waals surface area contributed by atoms with E-state index in [2.05, 4.69) is 34.7 Å². The van der Waals surface area contributed by atoms with Crippen molar-refractivity contribution < 1.29 is 9.53 Å². The van der Waals surface area contributed by atoms with Crippen LogP contribution in [0.15, 0.2) is 0 Å². The summed E-state index contributed by atoms with van der Waals surface area (Å²) in [5.41, 5.74) is 0. The minimum absolute atomic E-state index is 0.0581. The van der Waals surface area contributed by atoms with Crippen molar-refractivity contribution in [3.8, 4) is 0 Å². The highest BCUT2D eigenvalue weighted by molar-refractivity contribution is 9.09. The molecule has 0 aromatic rings. The molecule has 2 heterocycles. The second-order valence-corrected chi connectivity index (χ2v) is 6.64. The summed E-state index contributed by atoms with van der Waals surface area (Å²) >= 11 is 3.49. The van der Waals surface area contributed by atoms with Gasteiger partial charge in [-0.15, -0.1) is 0 Å². The molecule has 2 fully saturated rings. The second kappa shape index (κ2) is 5.91. The Morgan fingerprint density at radius 3 is 2.61 bits per heavy atom. The maximum atomic E-state index is 12.6. The van der Waals surface area contributed by atoms with Crippen LogP contribution in [0.25, 0.3) is 0 Å². The van der Waals surface area contributed by atoms with Crippen LogP contribution in [0.5, 0.6) is 0 Å². The van der Waals surface area contributed by atoms with E-state index < -0.39 is 0 Å². The normalized spacial score (nSPS) is 40.4. The number of hydrogen-bond acceptors (Lipinski definition) is 2. The number of carbonyl (C=O) groups excluding carboxylic acids is 1. The maximum Gasteiger partial charge on any atom is 0.228 e. The molecular formula is C14H24BrNO2. The van der Waals surface area contributed by atoms with Gasteiger partial charge in [0.2, 0.25) is 5.91 Å². The van der Waals surface area contributed by atoms with Crippen molar-refractivity contribution in [2.45, 2.75) is 45.8 Å². The highest BCUT2D eigenvalue weighted by atomic mass is 79.9. The number of amides is 1. The number of rotatable bonds is 3. The van der Waals surface area contributed by atoms with Gasteiger partial charge in [-0.25, -0.2) is 0 Å². The number of halogens is 1. The zero-order valence-electron chi connectivity index (χ0n) is 11.6. The summed E-state index contributed by atoms with van der Waals surface area (Å²) in [6, 6.07) is 0. The standard InChI is InChI=1S/C14H24BrNO2/c1-9-10(2)18-11(3)13(9)14(17)16-7-5-12(8-16)4-6-15/h9-13H,4-8H2,1-3H3. The lowest BCUT2D eigenvalue weighted by molar-refractivity contribution is -0.136. The van der Waals surface area contributed by atoms with Crippen LogP contribution in [-0.4, -0.2) is 41.4 Å². The summed E-state index contributed by atoms with van der Waals surface area (Å²) in [5.74, 6) is 1.39. The smallest absolute Gasteiger partial charge is 0.228 e. The Morgan fingerprint density at radius 1 is 1.33 bits per heavy atom. The van der Waals surface area contributed by atoms with Crippen LogP contribution in [0.1, 0.15) is 33.6 Å². The fourth-order valence-corrected chi connectivity index (χ4v) is 3.97. The molecule has 1 amide bonds. The number of hydrogen-bond donors (Lipinski definition) is 0. The number of carbonyl (C=O) groups is 1. The Morgan fingerprint density at radius 2 is 2.06 bits per heavy atom. The van der Waals surface area contributed by atoms with Crippen molar-refractivity contribution in [3.63, 3.8) is 0 Å². The average Bonchev–Trinajstić information content (AvgIpc) is 2.86. The van der Waals surface area contributed by atoms with E-state index >= 15 is 0 Å². The first-order valence-corrected chi connectivity index (χ1v) is 8.17. The quantitative estimate of drug-likeness (QED) is 0.749. The van der Waals surface area contributed by atoms with Gasteiger partial charge in [-0.3, -0.25) is 4.79 Å². The molecule has 0 bridgehead atoms. The summed E-state index contributed by atoms with van der Waals surface area (Å²) in [5, 5.41) is 1.04. The Kier molecular flexibility index (Phi) is 4.70. The largest absolute Gasteiger partial charge is 0.374 e. The molecule has 0 aliphatic carbocycles. The van der Waals surface area contributed by atoms with Crippen molar-refractivity contribution >= 4 is 21.8 Å². The van der Waals surface area contributed by atoms with Crippen LogP contribution < -0.4 is 0 Å². The van der Waals surface area contributed by atoms with Gasteiger partial charge in [0.15, 0.2) is 0 Å². The summed E-state index contributed by atoms with van der Waals surface area (Å²) in [6.45, 7) is 8.12. The first-order chi connectivity index (χ1) is 8.54. The Bertz CT molecular complexity index is 310. The van der Waals surface area contributed by atoms with E-state index in [1.165, 1.54) is 6.42 Å². The zero-order chi connectivity index (χ0) is 13.3. The number of alkyl halides is 1. The lowest BCUT2D eigenvalue weighted by Gasteiger charge is -2.24. The molecule has 0 radical (unpaired) electrons. The molecular weight excluding hydrogens is 294 g/mol. The number of nitrogens with zero attached hydrogens (tertiary/aromatic N) is 1. The van der Waals surface area contributed by atoms with Gasteiger partial charge in [-0.2, -0.15) is 0 Å². The van der Waals surface area contributed by atoms with Gasteiger partial charge >= 0.3 is 0 Å². The molecule has 2 rings (SSSR count). The van der Waals surface area contributed by atoms with Crippen LogP contribution in [-0.2, 0) is 9.53 Å². The average molecular weight is 318 g/mol. The SMILES string of the molecule is CC1OC(C)C(C(=O)N2CCC(CCBr)C2)C1C. The third kappa shape index (κ3) is 2.74. The maximum absolute atomic E-state index is 12.6. The Balaban J connectivity index is 1.96. The topological polar surface area (TPSA) is 29.5 Å². The van der Waals surface area contributed by atoms with Crippen molar-refractivity contribution in [1.82, 2.24) is 4.90 Å². The van der Waals surface area contributed by atoms with E-state index in [1.807, 2.05) is 6.92 Å². The van der Waals surface area contributed by atoms with Crippen LogP contribution in [0.2, 0.25) is 0 Å². The number of likely N-dealkylation sites (tertiary alicyclic amines) is 1. The van der Waals surface area contributed by atoms with Crippen molar-refractivity contribution in [1.29, 1.82) is 0 Å². The van der Waals surface area contributed by atoms with Gasteiger partial charge in [-0.1, -0.05) is 22.9 Å². The van der Waals surface area contributed by atoms with Gasteiger partial charge in [0.1, 0.15) is 0 Å². The molecule has 104 valence electrons. The van der Waals surface area contributed by atoms with Crippen molar-refractivity contribution in [2.24, 2.45) is 17.8 Å². The molecule has 0 spiro atoms. The molecule has 0 aromatic heterocycles. The monoisotopic (exact) mass is 317 g/mol. The van der Waals surface area contributed by atoms with Gasteiger partial charge in [-0.05, 0) is 38.5 Å². The molecule has 2 aliphatic heterocycles. The minimum Gasteiger partial charge on any atom is -0.374 e. The summed E-state index contributed by atoms with van der Waals surface area (Å²) in [4.78, 5) is 14.7. The van der Waals surface area contributed by atoms with E-state index in [0.717, 1.165) is 24.8 Å². The highest BCUT2D eigenvalue weighted by Crippen LogP contribution is 2.34. The van der Waals surface area contributed by atoms with Crippen molar-refractivity contribution in [2.75, 3.05) is 18.4 Å². The first-order valence-electron chi connectivity index (χ1n) is 7.04. The lowest BCUT2D eigenvalue weighted by Crippen LogP contribution is -2.39. The summed E-state index contributed by atoms with van der Waals surface area (Å²) in [7, 11) is 0. The predicted molar refractivity (Wildman–Crippen MR) is 75.8 cm³/mol. The Labute approximate surface area is 118 Å². The van der Waals surface area contributed by atoms with Gasteiger partial charge in [0.05, 0.1) is 18.1 Å². The predicted octanol–water partition coefficient (Wildman–Crippen LogP) is 2.68. The van der Waals surface area contributed by atoms with E-state index in [9.17, 15) is 4.79 Å². The molecule has 2 saturated heterocycles. The molecule has 4 heteroatoms. The van der Waals surface area contributed by atoms with Gasteiger partial charge in [0, 0.05) is 18.4 Å². The summed E-state index contributed by atoms with van der Waals surface area (Å²) in [6.07, 6.45) is 2.60. The van der Waals surface area contributed by atoms with E-state index in [1.54, 1.807) is 0 Å². The lowest BCUT2D eigenvalue weighted by atomic mass is 9.88. The van der Waals surface area contributed by atoms with Crippen LogP contribution in [0.4, 0.5) is 0 Å². The molecule has 18 heavy (non-hydrogen) atoms. The van der Waals surface area contributed by atoms with Crippen LogP contribution in [0.3, 0.4) is 0 Å². The minimum atomic E-state index is 0.0581. The van der Waals surface area contributed by atoms with Crippen LogP contribution >= 0.6 is 15.9 Å². The third-order valence-corrected chi connectivity index (χ3v) is 5.10. The van der Waals surface area contributed by atoms with Crippen LogP contribution in [0, 0.1) is 17.8 Å². The fourth-order valence-electron chi connectivity index (χ4n) is 3.33. The second-order valence-electron chi connectivity index (χ2n) is 5.85. The van der Waals surface area contributed by atoms with Crippen molar-refractivity contribution in [3.05, 3.63) is 0 Å².